The van der Waals surface area contributed by atoms with Gasteiger partial charge in [-0.05, 0) is 37.5 Å². The molecule has 0 bridgehead atoms. The summed E-state index contributed by atoms with van der Waals surface area (Å²) in [6, 6.07) is 4.16. The Kier molecular flexibility index (Phi) is 7.15. The Bertz CT molecular complexity index is 680. The van der Waals surface area contributed by atoms with Gasteiger partial charge in [-0.3, -0.25) is 9.59 Å². The van der Waals surface area contributed by atoms with E-state index in [1.54, 1.807) is 24.0 Å². The Morgan fingerprint density at radius 3 is 2.52 bits per heavy atom. The molecule has 1 aromatic carbocycles. The van der Waals surface area contributed by atoms with Crippen LogP contribution < -0.4 is 10.6 Å². The summed E-state index contributed by atoms with van der Waals surface area (Å²) in [5.74, 6) is -2.10. The van der Waals surface area contributed by atoms with Crippen molar-refractivity contribution in [3.63, 3.8) is 0 Å². The highest BCUT2D eigenvalue weighted by molar-refractivity contribution is 5.88. The fourth-order valence-corrected chi connectivity index (χ4v) is 3.32. The number of nitrogens with zero attached hydrogens (tertiary/aromatic N) is 1. The molecule has 1 heterocycles. The van der Waals surface area contributed by atoms with Gasteiger partial charge in [0.05, 0.1) is 5.92 Å². The van der Waals surface area contributed by atoms with Gasteiger partial charge in [0.1, 0.15) is 11.9 Å². The van der Waals surface area contributed by atoms with Gasteiger partial charge >= 0.3 is 12.0 Å². The van der Waals surface area contributed by atoms with E-state index in [1.165, 1.54) is 12.1 Å². The number of urea groups is 1. The second kappa shape index (κ2) is 9.34. The van der Waals surface area contributed by atoms with E-state index in [9.17, 15) is 23.9 Å². The predicted octanol–water partition coefficient (Wildman–Crippen LogP) is 2.12. The third-order valence-electron chi connectivity index (χ3n) is 4.90. The van der Waals surface area contributed by atoms with Gasteiger partial charge in [0, 0.05) is 19.1 Å². The third-order valence-corrected chi connectivity index (χ3v) is 4.90. The van der Waals surface area contributed by atoms with Crippen molar-refractivity contribution in [3.8, 4) is 0 Å². The van der Waals surface area contributed by atoms with Gasteiger partial charge in [0.2, 0.25) is 5.91 Å². The van der Waals surface area contributed by atoms with Crippen LogP contribution >= 0.6 is 0 Å². The molecular formula is C19H26FN3O4. The van der Waals surface area contributed by atoms with Crippen molar-refractivity contribution >= 4 is 17.9 Å². The van der Waals surface area contributed by atoms with Gasteiger partial charge in [-0.2, -0.15) is 0 Å². The Labute approximate surface area is 157 Å². The molecule has 1 aliphatic heterocycles. The van der Waals surface area contributed by atoms with E-state index in [0.717, 1.165) is 5.56 Å². The summed E-state index contributed by atoms with van der Waals surface area (Å²) in [4.78, 5) is 37.8. The first-order valence-corrected chi connectivity index (χ1v) is 9.15. The molecule has 3 atom stereocenters. The molecule has 3 N–H and O–H groups in total. The molecule has 1 aliphatic rings. The van der Waals surface area contributed by atoms with Gasteiger partial charge in [-0.15, -0.1) is 0 Å². The number of carboxylic acids is 1. The molecule has 27 heavy (non-hydrogen) atoms. The zero-order valence-corrected chi connectivity index (χ0v) is 15.6. The zero-order valence-electron chi connectivity index (χ0n) is 15.6. The molecule has 2 rings (SSSR count). The summed E-state index contributed by atoms with van der Waals surface area (Å²) in [7, 11) is 0. The predicted molar refractivity (Wildman–Crippen MR) is 97.4 cm³/mol. The number of hydrogen-bond donors (Lipinski definition) is 3. The number of carbonyl (C=O) groups excluding carboxylic acids is 2. The topological polar surface area (TPSA) is 98.7 Å². The van der Waals surface area contributed by atoms with Crippen LogP contribution in [0.25, 0.3) is 0 Å². The van der Waals surface area contributed by atoms with E-state index < -0.39 is 30.0 Å². The lowest BCUT2D eigenvalue weighted by Gasteiger charge is -2.28. The lowest BCUT2D eigenvalue weighted by Crippen LogP contribution is -2.52. The van der Waals surface area contributed by atoms with Gasteiger partial charge in [0.15, 0.2) is 0 Å². The Balaban J connectivity index is 1.93. The van der Waals surface area contributed by atoms with Crippen LogP contribution in [0.15, 0.2) is 24.3 Å². The number of likely N-dealkylation sites (tertiary alicyclic amines) is 1. The first kappa shape index (κ1) is 20.7. The molecule has 8 heteroatoms. The molecule has 0 aromatic heterocycles. The summed E-state index contributed by atoms with van der Waals surface area (Å²) < 4.78 is 12.9. The first-order chi connectivity index (χ1) is 12.8. The number of hydrogen-bond acceptors (Lipinski definition) is 3. The molecule has 1 fully saturated rings. The molecule has 0 spiro atoms. The Morgan fingerprint density at radius 2 is 1.96 bits per heavy atom. The largest absolute Gasteiger partial charge is 0.481 e. The lowest BCUT2D eigenvalue weighted by molar-refractivity contribution is -0.143. The summed E-state index contributed by atoms with van der Waals surface area (Å²) in [6.45, 7) is 4.21. The van der Waals surface area contributed by atoms with Crippen LogP contribution in [0.3, 0.4) is 0 Å². The summed E-state index contributed by atoms with van der Waals surface area (Å²) in [5.41, 5.74) is 0.738. The van der Waals surface area contributed by atoms with Gasteiger partial charge < -0.3 is 20.6 Å². The van der Waals surface area contributed by atoms with E-state index in [4.69, 9.17) is 0 Å². The number of carboxylic acid groups (broad SMARTS) is 1. The average molecular weight is 379 g/mol. The molecule has 0 aliphatic carbocycles. The van der Waals surface area contributed by atoms with Crippen molar-refractivity contribution in [2.75, 3.05) is 6.54 Å². The summed E-state index contributed by atoms with van der Waals surface area (Å²) >= 11 is 0. The molecule has 3 unspecified atom stereocenters. The van der Waals surface area contributed by atoms with Gasteiger partial charge in [-0.1, -0.05) is 25.5 Å². The fourth-order valence-electron chi connectivity index (χ4n) is 3.32. The van der Waals surface area contributed by atoms with Crippen molar-refractivity contribution in [2.45, 2.75) is 51.7 Å². The molecule has 3 amide bonds. The smallest absolute Gasteiger partial charge is 0.315 e. The fraction of sp³-hybridized carbons (Fsp3) is 0.526. The maximum Gasteiger partial charge on any atom is 0.315 e. The Hall–Kier alpha value is -2.64. The van der Waals surface area contributed by atoms with E-state index in [-0.39, 0.29) is 18.3 Å². The number of aliphatic carboxylic acids is 1. The lowest BCUT2D eigenvalue weighted by atomic mass is 10.0. The normalized spacial score (nSPS) is 20.2. The van der Waals surface area contributed by atoms with Gasteiger partial charge in [-0.25, -0.2) is 9.18 Å². The van der Waals surface area contributed by atoms with Crippen LogP contribution in [0.2, 0.25) is 0 Å². The van der Waals surface area contributed by atoms with Crippen LogP contribution in [0.1, 0.15) is 38.7 Å². The molecule has 148 valence electrons. The minimum Gasteiger partial charge on any atom is -0.481 e. The monoisotopic (exact) mass is 379 g/mol. The highest BCUT2D eigenvalue weighted by Crippen LogP contribution is 2.25. The van der Waals surface area contributed by atoms with E-state index in [1.807, 2.05) is 6.92 Å². The second-order valence-corrected chi connectivity index (χ2v) is 6.80. The van der Waals surface area contributed by atoms with E-state index >= 15 is 0 Å². The average Bonchev–Trinajstić information content (AvgIpc) is 3.02. The van der Waals surface area contributed by atoms with Crippen molar-refractivity contribution in [3.05, 3.63) is 35.6 Å². The van der Waals surface area contributed by atoms with Crippen molar-refractivity contribution in [1.82, 2.24) is 15.5 Å². The zero-order chi connectivity index (χ0) is 20.0. The van der Waals surface area contributed by atoms with Crippen LogP contribution in [-0.2, 0) is 16.1 Å². The number of halogens is 1. The maximum absolute atomic E-state index is 12.9. The molecule has 0 saturated carbocycles. The first-order valence-electron chi connectivity index (χ1n) is 9.15. The molecule has 1 saturated heterocycles. The standard InChI is InChI=1S/C19H26FN3O4/c1-3-4-16(17(24)23-10-9-15(12(23)2)18(25)26)22-19(27)21-11-13-5-7-14(20)8-6-13/h5-8,12,15-16H,3-4,9-11H2,1-2H3,(H,25,26)(H2,21,22,27). The molecule has 1 aromatic rings. The van der Waals surface area contributed by atoms with E-state index in [0.29, 0.717) is 25.8 Å². The Morgan fingerprint density at radius 1 is 1.30 bits per heavy atom. The van der Waals surface area contributed by atoms with Gasteiger partial charge in [0.25, 0.3) is 0 Å². The third kappa shape index (κ3) is 5.42. The number of rotatable bonds is 7. The van der Waals surface area contributed by atoms with E-state index in [2.05, 4.69) is 10.6 Å². The summed E-state index contributed by atoms with van der Waals surface area (Å²) in [6.07, 6.45) is 1.57. The number of benzene rings is 1. The van der Waals surface area contributed by atoms with Crippen LogP contribution in [0, 0.1) is 11.7 Å². The molecular weight excluding hydrogens is 353 g/mol. The minimum absolute atomic E-state index is 0.209. The highest BCUT2D eigenvalue weighted by Gasteiger charge is 2.40. The number of nitrogens with one attached hydrogen (secondary N) is 2. The second-order valence-electron chi connectivity index (χ2n) is 6.80. The highest BCUT2D eigenvalue weighted by atomic mass is 19.1. The SMILES string of the molecule is CCCC(NC(=O)NCc1ccc(F)cc1)C(=O)N1CCC(C(=O)O)C1C. The van der Waals surface area contributed by atoms with Crippen LogP contribution in [-0.4, -0.2) is 46.5 Å². The summed E-state index contributed by atoms with van der Waals surface area (Å²) in [5, 5.41) is 14.6. The minimum atomic E-state index is -0.908. The van der Waals surface area contributed by atoms with Crippen LogP contribution in [0.5, 0.6) is 0 Å². The number of carbonyl (C=O) groups is 3. The molecule has 0 radical (unpaired) electrons. The van der Waals surface area contributed by atoms with Crippen LogP contribution in [0.4, 0.5) is 9.18 Å². The van der Waals surface area contributed by atoms with Crippen molar-refractivity contribution < 1.29 is 23.9 Å². The molecule has 7 nitrogen and oxygen atoms in total. The van der Waals surface area contributed by atoms with Crippen molar-refractivity contribution in [1.29, 1.82) is 0 Å². The number of amides is 3. The maximum atomic E-state index is 12.9. The quantitative estimate of drug-likeness (QED) is 0.676. The van der Waals surface area contributed by atoms with Crippen molar-refractivity contribution in [2.24, 2.45) is 5.92 Å².